The monoisotopic (exact) mass is 339 g/mol. The Bertz CT molecular complexity index is 553. The van der Waals surface area contributed by atoms with E-state index in [0.717, 1.165) is 6.54 Å². The fraction of sp³-hybridized carbons (Fsp3) is 0.500. The first-order valence-corrected chi connectivity index (χ1v) is 8.03. The summed E-state index contributed by atoms with van der Waals surface area (Å²) in [6.45, 7) is 2.95. The molecule has 0 spiro atoms. The van der Waals surface area contributed by atoms with Crippen LogP contribution in [0.4, 0.5) is 5.69 Å². The fourth-order valence-corrected chi connectivity index (χ4v) is 2.74. The van der Waals surface area contributed by atoms with Crippen LogP contribution in [-0.2, 0) is 14.3 Å². The van der Waals surface area contributed by atoms with Gasteiger partial charge in [0.05, 0.1) is 23.2 Å². The number of ether oxygens (including phenoxy) is 1. The lowest BCUT2D eigenvalue weighted by atomic mass is 10.1. The summed E-state index contributed by atoms with van der Waals surface area (Å²) in [5.41, 5.74) is 0.663. The second-order valence-corrected chi connectivity index (χ2v) is 5.80. The molecule has 23 heavy (non-hydrogen) atoms. The van der Waals surface area contributed by atoms with Gasteiger partial charge >= 0.3 is 0 Å². The van der Waals surface area contributed by atoms with Crippen molar-refractivity contribution in [3.8, 4) is 0 Å². The van der Waals surface area contributed by atoms with Crippen molar-refractivity contribution in [3.05, 3.63) is 29.3 Å². The van der Waals surface area contributed by atoms with Crippen molar-refractivity contribution in [2.75, 3.05) is 44.8 Å². The molecule has 1 heterocycles. The topological polar surface area (TPSA) is 70.7 Å². The molecule has 0 aromatic heterocycles. The average molecular weight is 340 g/mol. The highest BCUT2D eigenvalue weighted by molar-refractivity contribution is 6.33. The quantitative estimate of drug-likeness (QED) is 0.694. The normalized spacial score (nSPS) is 17.6. The summed E-state index contributed by atoms with van der Waals surface area (Å²) in [6.07, 6.45) is 0.216. The number of para-hydroxylation sites is 1. The van der Waals surface area contributed by atoms with Gasteiger partial charge in [0.1, 0.15) is 0 Å². The highest BCUT2D eigenvalue weighted by Crippen LogP contribution is 2.30. The van der Waals surface area contributed by atoms with Crippen molar-refractivity contribution in [1.29, 1.82) is 0 Å². The molecule has 126 valence electrons. The number of benzene rings is 1. The van der Waals surface area contributed by atoms with Crippen molar-refractivity contribution in [3.63, 3.8) is 0 Å². The second kappa shape index (κ2) is 8.86. The van der Waals surface area contributed by atoms with E-state index in [4.69, 9.17) is 16.3 Å². The summed E-state index contributed by atoms with van der Waals surface area (Å²) in [5.74, 6) is -0.504. The van der Waals surface area contributed by atoms with Gasteiger partial charge in [-0.1, -0.05) is 23.7 Å². The lowest BCUT2D eigenvalue weighted by molar-refractivity contribution is -0.126. The SMILES string of the molecule is COCCNCCNC(=O)C1CC(=O)N(c2ccccc2Cl)C1. The van der Waals surface area contributed by atoms with Crippen LogP contribution >= 0.6 is 11.6 Å². The Morgan fingerprint density at radius 1 is 1.35 bits per heavy atom. The van der Waals surface area contributed by atoms with Crippen LogP contribution in [-0.4, -0.2) is 51.7 Å². The summed E-state index contributed by atoms with van der Waals surface area (Å²) in [5, 5.41) is 6.52. The predicted molar refractivity (Wildman–Crippen MR) is 89.7 cm³/mol. The van der Waals surface area contributed by atoms with Crippen molar-refractivity contribution in [2.45, 2.75) is 6.42 Å². The molecule has 2 amide bonds. The predicted octanol–water partition coefficient (Wildman–Crippen LogP) is 1.05. The number of hydrogen-bond acceptors (Lipinski definition) is 4. The van der Waals surface area contributed by atoms with E-state index in [0.29, 0.717) is 37.0 Å². The van der Waals surface area contributed by atoms with Crippen molar-refractivity contribution >= 4 is 29.1 Å². The highest BCUT2D eigenvalue weighted by atomic mass is 35.5. The zero-order valence-electron chi connectivity index (χ0n) is 13.2. The summed E-state index contributed by atoms with van der Waals surface area (Å²) in [4.78, 5) is 25.9. The van der Waals surface area contributed by atoms with Crippen LogP contribution in [0, 0.1) is 5.92 Å². The molecule has 2 rings (SSSR count). The van der Waals surface area contributed by atoms with Crippen molar-refractivity contribution in [1.82, 2.24) is 10.6 Å². The molecule has 1 unspecified atom stereocenters. The lowest BCUT2D eigenvalue weighted by Gasteiger charge is -2.18. The Hall–Kier alpha value is -1.63. The number of methoxy groups -OCH3 is 1. The number of rotatable bonds is 8. The first kappa shape index (κ1) is 17.7. The van der Waals surface area contributed by atoms with Crippen molar-refractivity contribution < 1.29 is 14.3 Å². The molecule has 0 aliphatic carbocycles. The van der Waals surface area contributed by atoms with E-state index in [-0.39, 0.29) is 24.2 Å². The van der Waals surface area contributed by atoms with Gasteiger partial charge in [0.15, 0.2) is 0 Å². The van der Waals surface area contributed by atoms with Crippen LogP contribution in [0.15, 0.2) is 24.3 Å². The number of nitrogens with one attached hydrogen (secondary N) is 2. The molecule has 0 saturated carbocycles. The molecule has 7 heteroatoms. The highest BCUT2D eigenvalue weighted by Gasteiger charge is 2.35. The van der Waals surface area contributed by atoms with Crippen LogP contribution < -0.4 is 15.5 Å². The van der Waals surface area contributed by atoms with Gasteiger partial charge in [0, 0.05) is 39.7 Å². The van der Waals surface area contributed by atoms with Gasteiger partial charge in [-0.2, -0.15) is 0 Å². The summed E-state index contributed by atoms with van der Waals surface area (Å²) >= 11 is 6.13. The number of halogens is 1. The Morgan fingerprint density at radius 3 is 2.87 bits per heavy atom. The number of nitrogens with zero attached hydrogens (tertiary/aromatic N) is 1. The first-order chi connectivity index (χ1) is 11.1. The number of carbonyl (C=O) groups is 2. The Labute approximate surface area is 141 Å². The average Bonchev–Trinajstić information content (AvgIpc) is 2.93. The third kappa shape index (κ3) is 4.92. The van der Waals surface area contributed by atoms with Crippen LogP contribution in [0.25, 0.3) is 0 Å². The van der Waals surface area contributed by atoms with Crippen LogP contribution in [0.5, 0.6) is 0 Å². The zero-order valence-corrected chi connectivity index (χ0v) is 13.9. The van der Waals surface area contributed by atoms with Crippen molar-refractivity contribution in [2.24, 2.45) is 5.92 Å². The molecule has 1 atom stereocenters. The van der Waals surface area contributed by atoms with E-state index in [2.05, 4.69) is 10.6 Å². The molecule has 1 aliphatic rings. The molecule has 0 bridgehead atoms. The van der Waals surface area contributed by atoms with Gasteiger partial charge in [-0.15, -0.1) is 0 Å². The maximum absolute atomic E-state index is 12.2. The van der Waals surface area contributed by atoms with E-state index >= 15 is 0 Å². The van der Waals surface area contributed by atoms with Gasteiger partial charge in [-0.25, -0.2) is 0 Å². The molecule has 0 radical (unpaired) electrons. The number of anilines is 1. The number of hydrogen-bond donors (Lipinski definition) is 2. The van der Waals surface area contributed by atoms with E-state index in [1.807, 2.05) is 12.1 Å². The number of amides is 2. The van der Waals surface area contributed by atoms with E-state index in [1.54, 1.807) is 24.1 Å². The summed E-state index contributed by atoms with van der Waals surface area (Å²) in [7, 11) is 1.64. The maximum atomic E-state index is 12.2. The maximum Gasteiger partial charge on any atom is 0.227 e. The molecule has 1 fully saturated rings. The number of carbonyl (C=O) groups excluding carboxylic acids is 2. The van der Waals surface area contributed by atoms with Gasteiger partial charge < -0.3 is 20.3 Å². The minimum Gasteiger partial charge on any atom is -0.383 e. The first-order valence-electron chi connectivity index (χ1n) is 7.65. The zero-order chi connectivity index (χ0) is 16.7. The molecular formula is C16H22ClN3O3. The molecule has 1 aliphatic heterocycles. The van der Waals surface area contributed by atoms with Gasteiger partial charge in [-0.3, -0.25) is 9.59 Å². The van der Waals surface area contributed by atoms with Crippen LogP contribution in [0.1, 0.15) is 6.42 Å². The molecule has 2 N–H and O–H groups in total. The second-order valence-electron chi connectivity index (χ2n) is 5.39. The molecule has 1 aromatic carbocycles. The third-order valence-electron chi connectivity index (χ3n) is 3.72. The Kier molecular flexibility index (Phi) is 6.83. The van der Waals surface area contributed by atoms with E-state index in [1.165, 1.54) is 0 Å². The van der Waals surface area contributed by atoms with Gasteiger partial charge in [0.2, 0.25) is 11.8 Å². The molecule has 1 saturated heterocycles. The molecular weight excluding hydrogens is 318 g/mol. The smallest absolute Gasteiger partial charge is 0.227 e. The summed E-state index contributed by atoms with van der Waals surface area (Å²) < 4.78 is 4.92. The molecule has 6 nitrogen and oxygen atoms in total. The Balaban J connectivity index is 1.80. The van der Waals surface area contributed by atoms with Gasteiger partial charge in [0.25, 0.3) is 0 Å². The Morgan fingerprint density at radius 2 is 2.13 bits per heavy atom. The minimum atomic E-state index is -0.335. The van der Waals surface area contributed by atoms with E-state index < -0.39 is 0 Å². The fourth-order valence-electron chi connectivity index (χ4n) is 2.50. The molecule has 1 aromatic rings. The lowest BCUT2D eigenvalue weighted by Crippen LogP contribution is -2.37. The van der Waals surface area contributed by atoms with Gasteiger partial charge in [-0.05, 0) is 12.1 Å². The largest absolute Gasteiger partial charge is 0.383 e. The van der Waals surface area contributed by atoms with Crippen LogP contribution in [0.3, 0.4) is 0 Å². The standard InChI is InChI=1S/C16H22ClN3O3/c1-23-9-8-18-6-7-19-16(22)12-10-15(21)20(11-12)14-5-3-2-4-13(14)17/h2-5,12,18H,6-11H2,1H3,(H,19,22). The van der Waals surface area contributed by atoms with Crippen LogP contribution in [0.2, 0.25) is 5.02 Å². The minimum absolute atomic E-state index is 0.0727. The van der Waals surface area contributed by atoms with E-state index in [9.17, 15) is 9.59 Å². The third-order valence-corrected chi connectivity index (χ3v) is 4.04. The summed E-state index contributed by atoms with van der Waals surface area (Å²) in [6, 6.07) is 7.17.